The molecule has 1 fully saturated rings. The lowest BCUT2D eigenvalue weighted by atomic mass is 9.86. The second-order valence-corrected chi connectivity index (χ2v) is 8.89. The summed E-state index contributed by atoms with van der Waals surface area (Å²) < 4.78 is 18.6. The minimum Gasteiger partial charge on any atom is -0.493 e. The van der Waals surface area contributed by atoms with Crippen molar-refractivity contribution in [2.75, 3.05) is 14.2 Å². The number of hydrogen-bond acceptors (Lipinski definition) is 5. The number of fused-ring (bicyclic) bond motifs is 4. The van der Waals surface area contributed by atoms with E-state index in [9.17, 15) is 0 Å². The van der Waals surface area contributed by atoms with Crippen LogP contribution in [-0.2, 0) is 0 Å². The topological polar surface area (TPSA) is 43.3 Å². The van der Waals surface area contributed by atoms with E-state index in [1.54, 1.807) is 14.2 Å². The molecule has 0 unspecified atom stereocenters. The smallest absolute Gasteiger partial charge is 0.198 e. The molecule has 2 aromatic carbocycles. The standard InChI is InChI=1S/C23H25BrN2O3/c1-27-21-8-6-15(12-22(21)28-2)18-14-19-17-13-16(24)7-9-20(17)29-23(26(19)25-18)10-4-3-5-11-23/h6-9,12-13,19H,3-5,10-11,14H2,1-2H3/t19-/m0/s1. The van der Waals surface area contributed by atoms with Gasteiger partial charge in [0.2, 0.25) is 0 Å². The fraction of sp³-hybridized carbons (Fsp3) is 0.435. The van der Waals surface area contributed by atoms with E-state index >= 15 is 0 Å². The van der Waals surface area contributed by atoms with Crippen molar-refractivity contribution in [3.63, 3.8) is 0 Å². The molecule has 5 nitrogen and oxygen atoms in total. The average molecular weight is 457 g/mol. The zero-order chi connectivity index (χ0) is 20.0. The Balaban J connectivity index is 1.58. The summed E-state index contributed by atoms with van der Waals surface area (Å²) in [5.41, 5.74) is 3.01. The first kappa shape index (κ1) is 18.8. The summed E-state index contributed by atoms with van der Waals surface area (Å²) in [6, 6.07) is 12.6. The van der Waals surface area contributed by atoms with E-state index < -0.39 is 0 Å². The zero-order valence-electron chi connectivity index (χ0n) is 16.8. The van der Waals surface area contributed by atoms with Gasteiger partial charge in [0.1, 0.15) is 5.75 Å². The molecule has 2 aromatic rings. The van der Waals surface area contributed by atoms with E-state index in [0.717, 1.165) is 52.3 Å². The summed E-state index contributed by atoms with van der Waals surface area (Å²) in [7, 11) is 3.32. The largest absolute Gasteiger partial charge is 0.493 e. The van der Waals surface area contributed by atoms with Crippen LogP contribution in [0.15, 0.2) is 46.0 Å². The second-order valence-electron chi connectivity index (χ2n) is 7.97. The molecule has 152 valence electrons. The van der Waals surface area contributed by atoms with Crippen LogP contribution in [0.5, 0.6) is 17.2 Å². The van der Waals surface area contributed by atoms with Crippen molar-refractivity contribution in [1.82, 2.24) is 5.01 Å². The molecule has 0 saturated heterocycles. The number of nitrogens with zero attached hydrogens (tertiary/aromatic N) is 2. The Kier molecular flexibility index (Phi) is 4.69. The monoisotopic (exact) mass is 456 g/mol. The van der Waals surface area contributed by atoms with Crippen molar-refractivity contribution in [1.29, 1.82) is 0 Å². The molecule has 2 heterocycles. The number of hydrazone groups is 1. The van der Waals surface area contributed by atoms with Gasteiger partial charge < -0.3 is 14.2 Å². The third-order valence-electron chi connectivity index (χ3n) is 6.31. The molecule has 1 aliphatic carbocycles. The molecule has 0 amide bonds. The zero-order valence-corrected chi connectivity index (χ0v) is 18.4. The lowest BCUT2D eigenvalue weighted by Gasteiger charge is -2.49. The van der Waals surface area contributed by atoms with Crippen LogP contribution in [0.25, 0.3) is 0 Å². The molecule has 29 heavy (non-hydrogen) atoms. The molecule has 0 aromatic heterocycles. The van der Waals surface area contributed by atoms with E-state index in [0.29, 0.717) is 0 Å². The van der Waals surface area contributed by atoms with Crippen molar-refractivity contribution in [2.45, 2.75) is 50.3 Å². The number of benzene rings is 2. The van der Waals surface area contributed by atoms with Crippen molar-refractivity contribution in [2.24, 2.45) is 5.10 Å². The molecule has 1 atom stereocenters. The van der Waals surface area contributed by atoms with E-state index in [4.69, 9.17) is 19.3 Å². The highest BCUT2D eigenvalue weighted by Gasteiger charge is 2.50. The van der Waals surface area contributed by atoms with Crippen LogP contribution in [0.4, 0.5) is 0 Å². The molecule has 6 heteroatoms. The lowest BCUT2D eigenvalue weighted by molar-refractivity contribution is -0.140. The Hall–Kier alpha value is -2.21. The van der Waals surface area contributed by atoms with Gasteiger partial charge in [-0.15, -0.1) is 0 Å². The van der Waals surface area contributed by atoms with Gasteiger partial charge >= 0.3 is 0 Å². The maximum atomic E-state index is 6.65. The lowest BCUT2D eigenvalue weighted by Crippen LogP contribution is -2.54. The average Bonchev–Trinajstić information content (AvgIpc) is 3.21. The highest BCUT2D eigenvalue weighted by atomic mass is 79.9. The van der Waals surface area contributed by atoms with Crippen LogP contribution in [0.2, 0.25) is 0 Å². The number of halogens is 1. The number of methoxy groups -OCH3 is 2. The van der Waals surface area contributed by atoms with Crippen LogP contribution in [0.1, 0.15) is 55.7 Å². The van der Waals surface area contributed by atoms with Gasteiger partial charge in [0, 0.05) is 34.9 Å². The molecule has 2 aliphatic heterocycles. The van der Waals surface area contributed by atoms with Crippen LogP contribution in [0.3, 0.4) is 0 Å². The predicted molar refractivity (Wildman–Crippen MR) is 116 cm³/mol. The quantitative estimate of drug-likeness (QED) is 0.596. The van der Waals surface area contributed by atoms with Gasteiger partial charge in [0.15, 0.2) is 17.2 Å². The Labute approximate surface area is 179 Å². The Bertz CT molecular complexity index is 969. The van der Waals surface area contributed by atoms with E-state index in [-0.39, 0.29) is 11.8 Å². The summed E-state index contributed by atoms with van der Waals surface area (Å²) in [5, 5.41) is 7.39. The minimum atomic E-state index is -0.331. The molecule has 0 radical (unpaired) electrons. The Morgan fingerprint density at radius 2 is 1.83 bits per heavy atom. The fourth-order valence-corrected chi connectivity index (χ4v) is 5.26. The van der Waals surface area contributed by atoms with Gasteiger partial charge in [-0.3, -0.25) is 0 Å². The third-order valence-corrected chi connectivity index (χ3v) is 6.80. The first-order valence-electron chi connectivity index (χ1n) is 10.2. The third kappa shape index (κ3) is 3.08. The summed E-state index contributed by atoms with van der Waals surface area (Å²) in [6.07, 6.45) is 6.50. The van der Waals surface area contributed by atoms with Gasteiger partial charge in [-0.05, 0) is 49.2 Å². The molecule has 1 saturated carbocycles. The van der Waals surface area contributed by atoms with E-state index in [1.807, 2.05) is 12.1 Å². The first-order valence-corrected chi connectivity index (χ1v) is 11.0. The first-order chi connectivity index (χ1) is 14.1. The van der Waals surface area contributed by atoms with Gasteiger partial charge in [0.25, 0.3) is 0 Å². The highest BCUT2D eigenvalue weighted by Crippen LogP contribution is 2.51. The fourth-order valence-electron chi connectivity index (χ4n) is 4.88. The van der Waals surface area contributed by atoms with Gasteiger partial charge in [-0.1, -0.05) is 22.4 Å². The van der Waals surface area contributed by atoms with Crippen molar-refractivity contribution < 1.29 is 14.2 Å². The highest BCUT2D eigenvalue weighted by molar-refractivity contribution is 9.10. The predicted octanol–water partition coefficient (Wildman–Crippen LogP) is 5.67. The van der Waals surface area contributed by atoms with E-state index in [1.165, 1.54) is 24.8 Å². The van der Waals surface area contributed by atoms with Crippen LogP contribution < -0.4 is 14.2 Å². The van der Waals surface area contributed by atoms with Gasteiger partial charge in [-0.25, -0.2) is 5.01 Å². The van der Waals surface area contributed by atoms with Crippen LogP contribution >= 0.6 is 15.9 Å². The molecule has 3 aliphatic rings. The molecule has 0 N–H and O–H groups in total. The summed E-state index contributed by atoms with van der Waals surface area (Å²) in [5.74, 6) is 2.46. The summed E-state index contributed by atoms with van der Waals surface area (Å²) in [4.78, 5) is 0. The van der Waals surface area contributed by atoms with Crippen molar-refractivity contribution in [3.05, 3.63) is 52.0 Å². The molecule has 0 bridgehead atoms. The molecule has 1 spiro atoms. The Morgan fingerprint density at radius 3 is 2.59 bits per heavy atom. The number of hydrogen-bond donors (Lipinski definition) is 0. The summed E-state index contributed by atoms with van der Waals surface area (Å²) in [6.45, 7) is 0. The van der Waals surface area contributed by atoms with Crippen LogP contribution in [-0.4, -0.2) is 30.7 Å². The SMILES string of the molecule is COc1ccc(C2=NN3[C@@H](C2)c2cc(Br)ccc2OC32CCCCC2)cc1OC. The van der Waals surface area contributed by atoms with E-state index in [2.05, 4.69) is 45.2 Å². The molecular formula is C23H25BrN2O3. The van der Waals surface area contributed by atoms with Gasteiger partial charge in [0.05, 0.1) is 26.0 Å². The normalized spacial score (nSPS) is 21.8. The van der Waals surface area contributed by atoms with Crippen molar-refractivity contribution in [3.8, 4) is 17.2 Å². The molecular weight excluding hydrogens is 432 g/mol. The Morgan fingerprint density at radius 1 is 1.03 bits per heavy atom. The number of rotatable bonds is 3. The second kappa shape index (κ2) is 7.24. The summed E-state index contributed by atoms with van der Waals surface area (Å²) >= 11 is 3.63. The minimum absolute atomic E-state index is 0.192. The maximum Gasteiger partial charge on any atom is 0.198 e. The van der Waals surface area contributed by atoms with Crippen LogP contribution in [0, 0.1) is 0 Å². The van der Waals surface area contributed by atoms with Gasteiger partial charge in [-0.2, -0.15) is 5.10 Å². The number of ether oxygens (including phenoxy) is 3. The molecule has 5 rings (SSSR count). The van der Waals surface area contributed by atoms with Crippen molar-refractivity contribution >= 4 is 21.6 Å². The maximum absolute atomic E-state index is 6.65.